The summed E-state index contributed by atoms with van der Waals surface area (Å²) < 4.78 is 0. The lowest BCUT2D eigenvalue weighted by atomic mass is 10.2. The molecule has 4 N–H and O–H groups in total. The lowest BCUT2D eigenvalue weighted by Gasteiger charge is -2.12. The van der Waals surface area contributed by atoms with Crippen molar-refractivity contribution in [3.63, 3.8) is 0 Å². The van der Waals surface area contributed by atoms with Crippen LogP contribution in [0, 0.1) is 0 Å². The SMILES string of the molecule is CCC(O)CNc1cc(Cl)ccc1N. The molecule has 0 amide bonds. The van der Waals surface area contributed by atoms with Gasteiger partial charge in [-0.1, -0.05) is 18.5 Å². The summed E-state index contributed by atoms with van der Waals surface area (Å²) in [6.07, 6.45) is 0.362. The first kappa shape index (κ1) is 11.1. The largest absolute Gasteiger partial charge is 0.397 e. The van der Waals surface area contributed by atoms with Crippen molar-refractivity contribution >= 4 is 23.0 Å². The number of aliphatic hydroxyl groups excluding tert-OH is 1. The second kappa shape index (κ2) is 5.08. The quantitative estimate of drug-likeness (QED) is 0.673. The van der Waals surface area contributed by atoms with E-state index in [1.807, 2.05) is 6.92 Å². The summed E-state index contributed by atoms with van der Waals surface area (Å²) in [4.78, 5) is 0. The molecule has 1 aromatic carbocycles. The summed E-state index contributed by atoms with van der Waals surface area (Å²) in [5, 5.41) is 13.0. The smallest absolute Gasteiger partial charge is 0.0709 e. The number of hydrogen-bond acceptors (Lipinski definition) is 3. The van der Waals surface area contributed by atoms with Crippen LogP contribution in [0.1, 0.15) is 13.3 Å². The number of nitrogens with one attached hydrogen (secondary N) is 1. The highest BCUT2D eigenvalue weighted by molar-refractivity contribution is 6.31. The highest BCUT2D eigenvalue weighted by Crippen LogP contribution is 2.22. The van der Waals surface area contributed by atoms with Crippen LogP contribution in [0.5, 0.6) is 0 Å². The van der Waals surface area contributed by atoms with Crippen molar-refractivity contribution < 1.29 is 5.11 Å². The molecule has 0 aliphatic rings. The molecule has 1 unspecified atom stereocenters. The van der Waals surface area contributed by atoms with Crippen LogP contribution in [0.2, 0.25) is 5.02 Å². The highest BCUT2D eigenvalue weighted by atomic mass is 35.5. The fraction of sp³-hybridized carbons (Fsp3) is 0.400. The molecular formula is C10H15ClN2O. The van der Waals surface area contributed by atoms with E-state index in [0.717, 1.165) is 5.69 Å². The third-order valence-electron chi connectivity index (χ3n) is 2.01. The van der Waals surface area contributed by atoms with Crippen LogP contribution >= 0.6 is 11.6 Å². The van der Waals surface area contributed by atoms with E-state index in [4.69, 9.17) is 17.3 Å². The number of anilines is 2. The summed E-state index contributed by atoms with van der Waals surface area (Å²) in [6.45, 7) is 2.41. The number of benzene rings is 1. The van der Waals surface area contributed by atoms with Crippen LogP contribution in [0.3, 0.4) is 0 Å². The van der Waals surface area contributed by atoms with Crippen LogP contribution < -0.4 is 11.1 Å². The van der Waals surface area contributed by atoms with E-state index in [2.05, 4.69) is 5.32 Å². The predicted molar refractivity (Wildman–Crippen MR) is 60.7 cm³/mol. The average molecular weight is 215 g/mol. The fourth-order valence-corrected chi connectivity index (χ4v) is 1.23. The Hall–Kier alpha value is -0.930. The minimum atomic E-state index is -0.353. The van der Waals surface area contributed by atoms with Gasteiger partial charge in [-0.25, -0.2) is 0 Å². The minimum absolute atomic E-state index is 0.353. The molecule has 1 atom stereocenters. The van der Waals surface area contributed by atoms with Gasteiger partial charge in [0.25, 0.3) is 0 Å². The first-order valence-electron chi connectivity index (χ1n) is 4.60. The summed E-state index contributed by atoms with van der Waals surface area (Å²) in [6, 6.07) is 5.22. The Labute approximate surface area is 88.9 Å². The van der Waals surface area contributed by atoms with Gasteiger partial charge in [-0.15, -0.1) is 0 Å². The maximum absolute atomic E-state index is 9.34. The molecule has 1 rings (SSSR count). The molecule has 4 heteroatoms. The predicted octanol–water partition coefficient (Wildman–Crippen LogP) is 2.10. The molecule has 0 radical (unpaired) electrons. The number of rotatable bonds is 4. The van der Waals surface area contributed by atoms with E-state index in [1.54, 1.807) is 18.2 Å². The Morgan fingerprint density at radius 1 is 1.57 bits per heavy atom. The van der Waals surface area contributed by atoms with E-state index in [0.29, 0.717) is 23.7 Å². The standard InChI is InChI=1S/C10H15ClN2O/c1-2-8(14)6-13-10-5-7(11)3-4-9(10)12/h3-5,8,13-14H,2,6,12H2,1H3. The van der Waals surface area contributed by atoms with Crippen molar-refractivity contribution in [1.29, 1.82) is 0 Å². The van der Waals surface area contributed by atoms with Crippen molar-refractivity contribution in [2.45, 2.75) is 19.4 Å². The maximum atomic E-state index is 9.34. The number of hydrogen-bond donors (Lipinski definition) is 3. The average Bonchev–Trinajstić information content (AvgIpc) is 2.19. The number of halogens is 1. The van der Waals surface area contributed by atoms with Crippen molar-refractivity contribution in [1.82, 2.24) is 0 Å². The van der Waals surface area contributed by atoms with Gasteiger partial charge in [0, 0.05) is 11.6 Å². The molecule has 0 aliphatic heterocycles. The molecule has 0 aromatic heterocycles. The Kier molecular flexibility index (Phi) is 4.04. The van der Waals surface area contributed by atoms with Gasteiger partial charge in [0.05, 0.1) is 17.5 Å². The lowest BCUT2D eigenvalue weighted by Crippen LogP contribution is -2.18. The lowest BCUT2D eigenvalue weighted by molar-refractivity contribution is 0.183. The molecule has 78 valence electrons. The van der Waals surface area contributed by atoms with Gasteiger partial charge in [0.2, 0.25) is 0 Å². The normalized spacial score (nSPS) is 12.5. The molecule has 0 spiro atoms. The molecule has 0 fully saturated rings. The first-order chi connectivity index (χ1) is 6.63. The van der Waals surface area contributed by atoms with E-state index in [-0.39, 0.29) is 6.10 Å². The molecule has 0 bridgehead atoms. The van der Waals surface area contributed by atoms with Crippen LogP contribution in [0.25, 0.3) is 0 Å². The van der Waals surface area contributed by atoms with Crippen LogP contribution in [-0.2, 0) is 0 Å². The van der Waals surface area contributed by atoms with E-state index < -0.39 is 0 Å². The van der Waals surface area contributed by atoms with Crippen molar-refractivity contribution in [2.75, 3.05) is 17.6 Å². The molecule has 0 heterocycles. The molecule has 0 saturated carbocycles. The molecule has 0 aliphatic carbocycles. The summed E-state index contributed by atoms with van der Waals surface area (Å²) in [7, 11) is 0. The molecule has 14 heavy (non-hydrogen) atoms. The molecule has 0 saturated heterocycles. The zero-order valence-corrected chi connectivity index (χ0v) is 8.88. The van der Waals surface area contributed by atoms with Gasteiger partial charge in [0.1, 0.15) is 0 Å². The van der Waals surface area contributed by atoms with Gasteiger partial charge in [-0.3, -0.25) is 0 Å². The van der Waals surface area contributed by atoms with Gasteiger partial charge in [-0.05, 0) is 24.6 Å². The Balaban J connectivity index is 2.62. The van der Waals surface area contributed by atoms with Crippen molar-refractivity contribution in [3.05, 3.63) is 23.2 Å². The van der Waals surface area contributed by atoms with Gasteiger partial charge >= 0.3 is 0 Å². The van der Waals surface area contributed by atoms with E-state index in [9.17, 15) is 5.11 Å². The van der Waals surface area contributed by atoms with E-state index in [1.165, 1.54) is 0 Å². The second-order valence-electron chi connectivity index (χ2n) is 3.17. The van der Waals surface area contributed by atoms with Gasteiger partial charge < -0.3 is 16.2 Å². The number of nitrogen functional groups attached to an aromatic ring is 1. The monoisotopic (exact) mass is 214 g/mol. The second-order valence-corrected chi connectivity index (χ2v) is 3.61. The van der Waals surface area contributed by atoms with Gasteiger partial charge in [0.15, 0.2) is 0 Å². The zero-order chi connectivity index (χ0) is 10.6. The van der Waals surface area contributed by atoms with Crippen LogP contribution in [0.15, 0.2) is 18.2 Å². The third-order valence-corrected chi connectivity index (χ3v) is 2.25. The molecule has 3 nitrogen and oxygen atoms in total. The number of aliphatic hydroxyl groups is 1. The summed E-state index contributed by atoms with van der Waals surface area (Å²) in [5.41, 5.74) is 7.12. The first-order valence-corrected chi connectivity index (χ1v) is 4.98. The summed E-state index contributed by atoms with van der Waals surface area (Å²) >= 11 is 5.81. The third kappa shape index (κ3) is 3.09. The number of nitrogens with two attached hydrogens (primary N) is 1. The van der Waals surface area contributed by atoms with Crippen LogP contribution in [-0.4, -0.2) is 17.8 Å². The zero-order valence-electron chi connectivity index (χ0n) is 8.13. The van der Waals surface area contributed by atoms with Gasteiger partial charge in [-0.2, -0.15) is 0 Å². The Morgan fingerprint density at radius 2 is 2.29 bits per heavy atom. The highest BCUT2D eigenvalue weighted by Gasteiger charge is 2.03. The van der Waals surface area contributed by atoms with E-state index >= 15 is 0 Å². The topological polar surface area (TPSA) is 58.3 Å². The maximum Gasteiger partial charge on any atom is 0.0709 e. The van der Waals surface area contributed by atoms with Crippen LogP contribution in [0.4, 0.5) is 11.4 Å². The molecular weight excluding hydrogens is 200 g/mol. The van der Waals surface area contributed by atoms with Crippen molar-refractivity contribution in [2.24, 2.45) is 0 Å². The minimum Gasteiger partial charge on any atom is -0.397 e. The Morgan fingerprint density at radius 3 is 2.93 bits per heavy atom. The summed E-state index contributed by atoms with van der Waals surface area (Å²) in [5.74, 6) is 0. The Bertz CT molecular complexity index is 304. The van der Waals surface area contributed by atoms with Crippen molar-refractivity contribution in [3.8, 4) is 0 Å². The fourth-order valence-electron chi connectivity index (χ4n) is 1.05. The molecule has 1 aromatic rings.